The number of ether oxygens (including phenoxy) is 1. The van der Waals surface area contributed by atoms with E-state index in [1.807, 2.05) is 12.1 Å². The maximum absolute atomic E-state index is 6.24. The van der Waals surface area contributed by atoms with E-state index in [0.717, 1.165) is 30.3 Å². The quantitative estimate of drug-likeness (QED) is 0.909. The van der Waals surface area contributed by atoms with Gasteiger partial charge < -0.3 is 15.4 Å². The Bertz CT molecular complexity index is 557. The molecule has 114 valence electrons. The highest BCUT2D eigenvalue weighted by Gasteiger charge is 2.49. The first kappa shape index (κ1) is 14.2. The largest absolute Gasteiger partial charge is 0.497 e. The van der Waals surface area contributed by atoms with Gasteiger partial charge in [-0.2, -0.15) is 0 Å². The third-order valence-corrected chi connectivity index (χ3v) is 5.24. The summed E-state index contributed by atoms with van der Waals surface area (Å²) in [5, 5.41) is 0. The molecule has 1 aromatic carbocycles. The number of hydrogen-bond acceptors (Lipinski definition) is 4. The first-order valence-electron chi connectivity index (χ1n) is 7.81. The van der Waals surface area contributed by atoms with Crippen LogP contribution in [-0.4, -0.2) is 25.2 Å². The van der Waals surface area contributed by atoms with Crippen molar-refractivity contribution in [2.45, 2.75) is 38.6 Å². The van der Waals surface area contributed by atoms with E-state index < -0.39 is 0 Å². The topological polar surface area (TPSA) is 50.9 Å². The second-order valence-corrected chi connectivity index (χ2v) is 6.60. The van der Waals surface area contributed by atoms with Crippen molar-refractivity contribution in [3.05, 3.63) is 24.3 Å². The van der Waals surface area contributed by atoms with Crippen LogP contribution >= 0.6 is 0 Å². The van der Waals surface area contributed by atoms with Gasteiger partial charge in [0.2, 0.25) is 0 Å². The molecule has 1 heterocycles. The number of nitrogens with two attached hydrogens (primary N) is 1. The van der Waals surface area contributed by atoms with Gasteiger partial charge in [-0.3, -0.25) is 4.99 Å². The minimum absolute atomic E-state index is 0.0446. The second kappa shape index (κ2) is 5.24. The Morgan fingerprint density at radius 2 is 2.19 bits per heavy atom. The normalized spacial score (nSPS) is 32.3. The summed E-state index contributed by atoms with van der Waals surface area (Å²) in [7, 11) is 1.70. The van der Waals surface area contributed by atoms with Crippen LogP contribution in [0, 0.1) is 11.8 Å². The fourth-order valence-corrected chi connectivity index (χ4v) is 3.98. The Morgan fingerprint density at radius 1 is 1.38 bits per heavy atom. The summed E-state index contributed by atoms with van der Waals surface area (Å²) < 4.78 is 5.36. The summed E-state index contributed by atoms with van der Waals surface area (Å²) in [6, 6.07) is 8.14. The summed E-state index contributed by atoms with van der Waals surface area (Å²) in [6.07, 6.45) is 3.63. The Labute approximate surface area is 127 Å². The predicted molar refractivity (Wildman–Crippen MR) is 86.9 cm³/mol. The number of aliphatic imine (C=N–C) groups is 1. The number of benzene rings is 1. The number of rotatable bonds is 2. The van der Waals surface area contributed by atoms with E-state index in [0.29, 0.717) is 11.9 Å². The highest BCUT2D eigenvalue weighted by molar-refractivity contribution is 5.98. The minimum atomic E-state index is 0.0446. The molecular formula is C17H25N3O. The zero-order valence-corrected chi connectivity index (χ0v) is 13.2. The van der Waals surface area contributed by atoms with Crippen LogP contribution in [0.1, 0.15) is 33.1 Å². The van der Waals surface area contributed by atoms with E-state index >= 15 is 0 Å². The van der Waals surface area contributed by atoms with Gasteiger partial charge in [-0.05, 0) is 43.2 Å². The molecule has 0 saturated heterocycles. The number of methoxy groups -OCH3 is 1. The molecule has 3 rings (SSSR count). The predicted octanol–water partition coefficient (Wildman–Crippen LogP) is 3.02. The zero-order chi connectivity index (χ0) is 15.0. The van der Waals surface area contributed by atoms with Gasteiger partial charge in [-0.15, -0.1) is 0 Å². The summed E-state index contributed by atoms with van der Waals surface area (Å²) in [5.74, 6) is 2.88. The molecule has 1 aromatic rings. The molecule has 3 unspecified atom stereocenters. The standard InChI is InChI=1S/C17H25N3O/c1-12-7-8-17(13(2)9-12)11-19-16(18)20(17)14-5-4-6-15(10-14)21-3/h4-6,10,12-13H,7-9,11H2,1-3H3,(H2,18,19). The molecule has 4 heteroatoms. The van der Waals surface area contributed by atoms with Gasteiger partial charge in [0, 0.05) is 11.8 Å². The highest BCUT2D eigenvalue weighted by Crippen LogP contribution is 2.45. The summed E-state index contributed by atoms with van der Waals surface area (Å²) in [5.41, 5.74) is 7.38. The maximum atomic E-state index is 6.24. The van der Waals surface area contributed by atoms with Crippen molar-refractivity contribution < 1.29 is 4.74 Å². The molecule has 1 aliphatic carbocycles. The third-order valence-electron chi connectivity index (χ3n) is 5.24. The monoisotopic (exact) mass is 287 g/mol. The van der Waals surface area contributed by atoms with Crippen molar-refractivity contribution in [1.29, 1.82) is 0 Å². The molecule has 1 fully saturated rings. The van der Waals surface area contributed by atoms with E-state index in [4.69, 9.17) is 10.5 Å². The van der Waals surface area contributed by atoms with Crippen LogP contribution in [0.5, 0.6) is 5.75 Å². The first-order valence-corrected chi connectivity index (χ1v) is 7.81. The molecular weight excluding hydrogens is 262 g/mol. The molecule has 0 bridgehead atoms. The average molecular weight is 287 g/mol. The maximum Gasteiger partial charge on any atom is 0.196 e. The number of guanidine groups is 1. The molecule has 2 N–H and O–H groups in total. The van der Waals surface area contributed by atoms with Gasteiger partial charge in [0.05, 0.1) is 19.2 Å². The zero-order valence-electron chi connectivity index (χ0n) is 13.2. The molecule has 3 atom stereocenters. The molecule has 1 spiro atoms. The van der Waals surface area contributed by atoms with Crippen molar-refractivity contribution in [3.63, 3.8) is 0 Å². The lowest BCUT2D eigenvalue weighted by molar-refractivity contribution is 0.180. The van der Waals surface area contributed by atoms with Crippen LogP contribution in [0.2, 0.25) is 0 Å². The van der Waals surface area contributed by atoms with Crippen molar-refractivity contribution in [2.24, 2.45) is 22.6 Å². The molecule has 0 amide bonds. The lowest BCUT2D eigenvalue weighted by Gasteiger charge is -2.48. The fraction of sp³-hybridized carbons (Fsp3) is 0.588. The molecule has 2 aliphatic rings. The average Bonchev–Trinajstić information content (AvgIpc) is 2.82. The second-order valence-electron chi connectivity index (χ2n) is 6.60. The lowest BCUT2D eigenvalue weighted by Crippen LogP contribution is -2.58. The molecule has 0 radical (unpaired) electrons. The van der Waals surface area contributed by atoms with Gasteiger partial charge >= 0.3 is 0 Å². The Hall–Kier alpha value is -1.71. The summed E-state index contributed by atoms with van der Waals surface area (Å²) in [4.78, 5) is 6.84. The van der Waals surface area contributed by atoms with Crippen LogP contribution < -0.4 is 15.4 Å². The van der Waals surface area contributed by atoms with E-state index in [1.54, 1.807) is 7.11 Å². The van der Waals surface area contributed by atoms with Crippen molar-refractivity contribution >= 4 is 11.6 Å². The molecule has 1 saturated carbocycles. The van der Waals surface area contributed by atoms with Crippen molar-refractivity contribution in [1.82, 2.24) is 0 Å². The van der Waals surface area contributed by atoms with E-state index in [-0.39, 0.29) is 5.54 Å². The SMILES string of the molecule is COc1cccc(N2C(N)=NCC23CCC(C)CC3C)c1. The van der Waals surface area contributed by atoms with Crippen molar-refractivity contribution in [2.75, 3.05) is 18.6 Å². The summed E-state index contributed by atoms with van der Waals surface area (Å²) in [6.45, 7) is 5.50. The van der Waals surface area contributed by atoms with Crippen LogP contribution in [0.4, 0.5) is 5.69 Å². The van der Waals surface area contributed by atoms with Crippen LogP contribution in [0.15, 0.2) is 29.3 Å². The van der Waals surface area contributed by atoms with Gasteiger partial charge in [0.1, 0.15) is 5.75 Å². The first-order chi connectivity index (χ1) is 10.1. The molecule has 0 aromatic heterocycles. The fourth-order valence-electron chi connectivity index (χ4n) is 3.98. The van der Waals surface area contributed by atoms with Crippen LogP contribution in [0.3, 0.4) is 0 Å². The van der Waals surface area contributed by atoms with Crippen LogP contribution in [0.25, 0.3) is 0 Å². The van der Waals surface area contributed by atoms with E-state index in [2.05, 4.69) is 35.9 Å². The smallest absolute Gasteiger partial charge is 0.196 e. The molecule has 1 aliphatic heterocycles. The molecule has 21 heavy (non-hydrogen) atoms. The number of anilines is 1. The Balaban J connectivity index is 1.99. The number of hydrogen-bond donors (Lipinski definition) is 1. The summed E-state index contributed by atoms with van der Waals surface area (Å²) >= 11 is 0. The number of nitrogens with zero attached hydrogens (tertiary/aromatic N) is 2. The third kappa shape index (κ3) is 2.27. The van der Waals surface area contributed by atoms with Gasteiger partial charge in [0.25, 0.3) is 0 Å². The van der Waals surface area contributed by atoms with E-state index in [1.165, 1.54) is 12.8 Å². The molecule has 4 nitrogen and oxygen atoms in total. The van der Waals surface area contributed by atoms with Gasteiger partial charge in [-0.25, -0.2) is 0 Å². The van der Waals surface area contributed by atoms with Gasteiger partial charge in [-0.1, -0.05) is 19.9 Å². The highest BCUT2D eigenvalue weighted by atomic mass is 16.5. The van der Waals surface area contributed by atoms with Crippen LogP contribution in [-0.2, 0) is 0 Å². The Kier molecular flexibility index (Phi) is 3.56. The Morgan fingerprint density at radius 3 is 2.90 bits per heavy atom. The minimum Gasteiger partial charge on any atom is -0.497 e. The van der Waals surface area contributed by atoms with E-state index in [9.17, 15) is 0 Å². The lowest BCUT2D eigenvalue weighted by atomic mass is 9.69. The van der Waals surface area contributed by atoms with Crippen molar-refractivity contribution in [3.8, 4) is 5.75 Å². The van der Waals surface area contributed by atoms with Gasteiger partial charge in [0.15, 0.2) is 5.96 Å².